The summed E-state index contributed by atoms with van der Waals surface area (Å²) in [7, 11) is 0. The number of H-pyrrole nitrogens is 1. The van der Waals surface area contributed by atoms with Gasteiger partial charge in [0.15, 0.2) is 0 Å². The zero-order valence-corrected chi connectivity index (χ0v) is 15.1. The molecule has 0 aliphatic heterocycles. The Hall–Kier alpha value is -3.04. The molecule has 7 nitrogen and oxygen atoms in total. The molecule has 0 saturated carbocycles. The lowest BCUT2D eigenvalue weighted by molar-refractivity contribution is 0.604. The van der Waals surface area contributed by atoms with Crippen LogP contribution in [0.25, 0.3) is 21.5 Å². The Morgan fingerprint density at radius 2 is 2.26 bits per heavy atom. The summed E-state index contributed by atoms with van der Waals surface area (Å²) in [4.78, 5) is 22.0. The molecule has 9 heteroatoms. The Bertz CT molecular complexity index is 1170. The average molecular weight is 384 g/mol. The fourth-order valence-corrected chi connectivity index (χ4v) is 3.77. The van der Waals surface area contributed by atoms with Crippen molar-refractivity contribution in [2.24, 2.45) is 5.73 Å². The molecule has 138 valence electrons. The number of nitrogens with zero attached hydrogens (tertiary/aromatic N) is 4. The van der Waals surface area contributed by atoms with Gasteiger partial charge in [0.25, 0.3) is 0 Å². The van der Waals surface area contributed by atoms with Crippen molar-refractivity contribution >= 4 is 22.4 Å². The van der Waals surface area contributed by atoms with E-state index < -0.39 is 0 Å². The summed E-state index contributed by atoms with van der Waals surface area (Å²) < 4.78 is 15.4. The van der Waals surface area contributed by atoms with Crippen molar-refractivity contribution in [3.63, 3.8) is 0 Å². The van der Waals surface area contributed by atoms with E-state index in [4.69, 9.17) is 5.73 Å². The van der Waals surface area contributed by atoms with E-state index in [1.807, 2.05) is 30.6 Å². The van der Waals surface area contributed by atoms with Gasteiger partial charge in [-0.1, -0.05) is 0 Å². The maximum absolute atomic E-state index is 12.7. The number of aromatic amines is 1. The Morgan fingerprint density at radius 3 is 3.07 bits per heavy atom. The Morgan fingerprint density at radius 1 is 1.37 bits per heavy atom. The summed E-state index contributed by atoms with van der Waals surface area (Å²) in [5.74, 6) is 0. The monoisotopic (exact) mass is 384 g/mol. The van der Waals surface area contributed by atoms with Crippen molar-refractivity contribution in [2.75, 3.05) is 6.54 Å². The minimum absolute atomic E-state index is 0.0452. The maximum atomic E-state index is 12.7. The Labute approximate surface area is 157 Å². The van der Waals surface area contributed by atoms with Gasteiger partial charge >= 0.3 is 5.69 Å². The van der Waals surface area contributed by atoms with Gasteiger partial charge in [-0.05, 0) is 29.8 Å². The molecule has 4 heterocycles. The van der Waals surface area contributed by atoms with E-state index in [2.05, 4.69) is 21.1 Å². The molecule has 0 saturated heterocycles. The first kappa shape index (κ1) is 17.4. The molecule has 0 bridgehead atoms. The lowest BCUT2D eigenvalue weighted by Gasteiger charge is -2.01. The fraction of sp³-hybridized carbons (Fsp3) is 0.167. The Kier molecular flexibility index (Phi) is 4.69. The molecule has 0 radical (unpaired) electrons. The van der Waals surface area contributed by atoms with Crippen LogP contribution in [0.3, 0.4) is 0 Å². The molecule has 0 amide bonds. The van der Waals surface area contributed by atoms with Gasteiger partial charge in [0.05, 0.1) is 19.4 Å². The number of pyridine rings is 1. The summed E-state index contributed by atoms with van der Waals surface area (Å²) in [5.41, 5.74) is 7.33. The molecule has 4 aromatic heterocycles. The lowest BCUT2D eigenvalue weighted by Crippen LogP contribution is -2.26. The van der Waals surface area contributed by atoms with Gasteiger partial charge in [-0.3, -0.25) is 4.57 Å². The molecule has 4 aromatic rings. The SMILES string of the molecule is NC/C(=C\F)Cn1ncn(Cc2ccc(-c3cnc4[nH]ccc4c3)s2)c1=O. The quantitative estimate of drug-likeness (QED) is 0.534. The first-order chi connectivity index (χ1) is 13.2. The molecule has 0 aliphatic rings. The van der Waals surface area contributed by atoms with Crippen LogP contribution in [0.1, 0.15) is 4.88 Å². The Balaban J connectivity index is 1.54. The molecule has 3 N–H and O–H groups in total. The number of nitrogens with two attached hydrogens (primary N) is 1. The van der Waals surface area contributed by atoms with Crippen molar-refractivity contribution in [2.45, 2.75) is 13.1 Å². The van der Waals surface area contributed by atoms with E-state index in [1.54, 1.807) is 11.3 Å². The predicted molar refractivity (Wildman–Crippen MR) is 103 cm³/mol. The van der Waals surface area contributed by atoms with E-state index in [1.165, 1.54) is 15.6 Å². The van der Waals surface area contributed by atoms with Gasteiger partial charge in [-0.25, -0.2) is 18.9 Å². The highest BCUT2D eigenvalue weighted by atomic mass is 32.1. The molecule has 27 heavy (non-hydrogen) atoms. The second-order valence-corrected chi connectivity index (χ2v) is 7.24. The summed E-state index contributed by atoms with van der Waals surface area (Å²) in [5, 5.41) is 5.09. The number of halogens is 1. The van der Waals surface area contributed by atoms with Crippen LogP contribution in [0, 0.1) is 0 Å². The lowest BCUT2D eigenvalue weighted by atomic mass is 10.2. The van der Waals surface area contributed by atoms with E-state index in [-0.39, 0.29) is 18.8 Å². The zero-order chi connectivity index (χ0) is 18.8. The van der Waals surface area contributed by atoms with Gasteiger partial charge in [-0.2, -0.15) is 5.10 Å². The second-order valence-electron chi connectivity index (χ2n) is 6.08. The van der Waals surface area contributed by atoms with Crippen LogP contribution >= 0.6 is 11.3 Å². The highest BCUT2D eigenvalue weighted by molar-refractivity contribution is 7.15. The first-order valence-corrected chi connectivity index (χ1v) is 9.12. The van der Waals surface area contributed by atoms with Gasteiger partial charge < -0.3 is 10.7 Å². The zero-order valence-electron chi connectivity index (χ0n) is 14.3. The van der Waals surface area contributed by atoms with Gasteiger partial charge in [0.2, 0.25) is 0 Å². The van der Waals surface area contributed by atoms with Crippen LogP contribution in [-0.4, -0.2) is 30.9 Å². The largest absolute Gasteiger partial charge is 0.346 e. The van der Waals surface area contributed by atoms with Gasteiger partial charge in [0, 0.05) is 39.6 Å². The molecule has 0 aromatic carbocycles. The molecule has 0 fully saturated rings. The van der Waals surface area contributed by atoms with Crippen molar-refractivity contribution in [1.29, 1.82) is 0 Å². The number of thiophene rings is 1. The second kappa shape index (κ2) is 7.29. The molecular weight excluding hydrogens is 367 g/mol. The maximum Gasteiger partial charge on any atom is 0.346 e. The number of hydrogen-bond donors (Lipinski definition) is 2. The number of aromatic nitrogens is 5. The molecular formula is C18H17FN6OS. The predicted octanol–water partition coefficient (Wildman–Crippen LogP) is 2.51. The van der Waals surface area contributed by atoms with Crippen LogP contribution < -0.4 is 11.4 Å². The van der Waals surface area contributed by atoms with E-state index in [0.29, 0.717) is 18.4 Å². The highest BCUT2D eigenvalue weighted by Gasteiger charge is 2.10. The number of rotatable bonds is 6. The van der Waals surface area contributed by atoms with Crippen molar-refractivity contribution in [3.8, 4) is 10.4 Å². The van der Waals surface area contributed by atoms with Crippen molar-refractivity contribution in [1.82, 2.24) is 24.3 Å². The normalized spacial score (nSPS) is 12.1. The third-order valence-electron chi connectivity index (χ3n) is 4.24. The highest BCUT2D eigenvalue weighted by Crippen LogP contribution is 2.29. The molecule has 0 atom stereocenters. The average Bonchev–Trinajstić information content (AvgIpc) is 3.41. The van der Waals surface area contributed by atoms with Crippen LogP contribution in [0.5, 0.6) is 0 Å². The van der Waals surface area contributed by atoms with Crippen molar-refractivity contribution < 1.29 is 4.39 Å². The molecule has 4 rings (SSSR count). The summed E-state index contributed by atoms with van der Waals surface area (Å²) >= 11 is 1.59. The number of nitrogens with one attached hydrogen (secondary N) is 1. The standard InChI is InChI=1S/C18H17FN6OS/c19-6-12(7-20)9-25-18(26)24(11-23-25)10-15-1-2-16(27-15)14-5-13-3-4-21-17(13)22-8-14/h1-6,8,11H,7,9-10,20H2,(H,21,22)/b12-6+. The molecule has 0 aliphatic carbocycles. The first-order valence-electron chi connectivity index (χ1n) is 8.30. The van der Waals surface area contributed by atoms with Gasteiger partial charge in [-0.15, -0.1) is 11.3 Å². The van der Waals surface area contributed by atoms with Crippen LogP contribution in [-0.2, 0) is 13.1 Å². The summed E-state index contributed by atoms with van der Waals surface area (Å²) in [6.45, 7) is 0.501. The van der Waals surface area contributed by atoms with E-state index >= 15 is 0 Å². The minimum atomic E-state index is -0.298. The molecule has 0 spiro atoms. The summed E-state index contributed by atoms with van der Waals surface area (Å²) in [6.07, 6.45) is 5.57. The topological polar surface area (TPSA) is 94.5 Å². The number of fused-ring (bicyclic) bond motifs is 1. The van der Waals surface area contributed by atoms with Crippen LogP contribution in [0.15, 0.2) is 59.7 Å². The molecule has 0 unspecified atom stereocenters. The number of hydrogen-bond acceptors (Lipinski definition) is 5. The third kappa shape index (κ3) is 3.46. The summed E-state index contributed by atoms with van der Waals surface area (Å²) in [6, 6.07) is 8.06. The fourth-order valence-electron chi connectivity index (χ4n) is 2.79. The smallest absolute Gasteiger partial charge is 0.346 e. The minimum Gasteiger partial charge on any atom is -0.346 e. The van der Waals surface area contributed by atoms with Gasteiger partial charge in [0.1, 0.15) is 12.0 Å². The third-order valence-corrected chi connectivity index (χ3v) is 5.36. The van der Waals surface area contributed by atoms with E-state index in [9.17, 15) is 9.18 Å². The van der Waals surface area contributed by atoms with Crippen molar-refractivity contribution in [3.05, 3.63) is 70.3 Å². The van der Waals surface area contributed by atoms with Crippen LogP contribution in [0.2, 0.25) is 0 Å². The van der Waals surface area contributed by atoms with E-state index in [0.717, 1.165) is 26.4 Å². The van der Waals surface area contributed by atoms with Crippen LogP contribution in [0.4, 0.5) is 4.39 Å².